The zero-order valence-electron chi connectivity index (χ0n) is 10.5. The van der Waals surface area contributed by atoms with Gasteiger partial charge in [-0.1, -0.05) is 0 Å². The van der Waals surface area contributed by atoms with Crippen LogP contribution in [-0.2, 0) is 0 Å². The standard InChI is InChI=1S/C12H16F2N2O2S/c1-7-6-8(2-4-15-7)16-11(17)10-9(3-5-19-10)18-12(13)14/h3,5,7-8,12,15H,2,4,6H2,1H3,(H,16,17). The molecule has 2 rings (SSSR count). The fourth-order valence-electron chi connectivity index (χ4n) is 2.17. The van der Waals surface area contributed by atoms with Crippen LogP contribution in [0.3, 0.4) is 0 Å². The Labute approximate surface area is 114 Å². The van der Waals surface area contributed by atoms with Gasteiger partial charge in [0.2, 0.25) is 0 Å². The molecular weight excluding hydrogens is 274 g/mol. The Hall–Kier alpha value is -1.21. The first-order chi connectivity index (χ1) is 9.06. The summed E-state index contributed by atoms with van der Waals surface area (Å²) in [5.41, 5.74) is 0. The van der Waals surface area contributed by atoms with Gasteiger partial charge in [-0.05, 0) is 37.8 Å². The Kier molecular flexibility index (Phi) is 4.71. The van der Waals surface area contributed by atoms with Crippen LogP contribution in [0.2, 0.25) is 0 Å². The zero-order chi connectivity index (χ0) is 13.8. The van der Waals surface area contributed by atoms with E-state index in [4.69, 9.17) is 0 Å². The molecule has 2 heterocycles. The third-order valence-corrected chi connectivity index (χ3v) is 3.90. The number of nitrogens with one attached hydrogen (secondary N) is 2. The minimum absolute atomic E-state index is 0.0560. The highest BCUT2D eigenvalue weighted by Crippen LogP contribution is 2.26. The summed E-state index contributed by atoms with van der Waals surface area (Å²) in [6.07, 6.45) is 1.68. The SMILES string of the molecule is CC1CC(NC(=O)c2sccc2OC(F)F)CCN1. The number of halogens is 2. The summed E-state index contributed by atoms with van der Waals surface area (Å²) >= 11 is 1.10. The molecule has 0 aliphatic carbocycles. The molecule has 7 heteroatoms. The minimum Gasteiger partial charge on any atom is -0.433 e. The van der Waals surface area contributed by atoms with E-state index in [2.05, 4.69) is 22.3 Å². The van der Waals surface area contributed by atoms with E-state index >= 15 is 0 Å². The summed E-state index contributed by atoms with van der Waals surface area (Å²) in [4.78, 5) is 12.2. The predicted molar refractivity (Wildman–Crippen MR) is 68.9 cm³/mol. The fraction of sp³-hybridized carbons (Fsp3) is 0.583. The minimum atomic E-state index is -2.92. The number of hydrogen-bond acceptors (Lipinski definition) is 4. The monoisotopic (exact) mass is 290 g/mol. The number of amides is 1. The van der Waals surface area contributed by atoms with Crippen LogP contribution in [0.25, 0.3) is 0 Å². The molecule has 1 aliphatic rings. The van der Waals surface area contributed by atoms with E-state index in [-0.39, 0.29) is 22.6 Å². The summed E-state index contributed by atoms with van der Waals surface area (Å²) in [6.45, 7) is -0.0220. The number of rotatable bonds is 4. The highest BCUT2D eigenvalue weighted by Gasteiger charge is 2.23. The Morgan fingerprint density at radius 2 is 2.42 bits per heavy atom. The molecule has 0 spiro atoms. The van der Waals surface area contributed by atoms with Crippen molar-refractivity contribution in [3.05, 3.63) is 16.3 Å². The Bertz CT molecular complexity index is 439. The maximum Gasteiger partial charge on any atom is 0.387 e. The van der Waals surface area contributed by atoms with Crippen LogP contribution in [0.1, 0.15) is 29.4 Å². The molecular formula is C12H16F2N2O2S. The van der Waals surface area contributed by atoms with Crippen molar-refractivity contribution in [3.8, 4) is 5.75 Å². The smallest absolute Gasteiger partial charge is 0.387 e. The highest BCUT2D eigenvalue weighted by molar-refractivity contribution is 7.12. The lowest BCUT2D eigenvalue weighted by Gasteiger charge is -2.28. The second-order valence-electron chi connectivity index (χ2n) is 4.54. The molecule has 2 atom stereocenters. The van der Waals surface area contributed by atoms with Gasteiger partial charge in [-0.15, -0.1) is 11.3 Å². The van der Waals surface area contributed by atoms with E-state index in [9.17, 15) is 13.6 Å². The maximum atomic E-state index is 12.2. The lowest BCUT2D eigenvalue weighted by atomic mass is 10.0. The fourth-order valence-corrected chi connectivity index (χ4v) is 2.89. The molecule has 1 saturated heterocycles. The average Bonchev–Trinajstić information content (AvgIpc) is 2.76. The molecule has 1 aromatic rings. The summed E-state index contributed by atoms with van der Waals surface area (Å²) in [5.74, 6) is -0.399. The van der Waals surface area contributed by atoms with Gasteiger partial charge in [-0.3, -0.25) is 4.79 Å². The van der Waals surface area contributed by atoms with Crippen LogP contribution in [-0.4, -0.2) is 31.1 Å². The van der Waals surface area contributed by atoms with Crippen LogP contribution >= 0.6 is 11.3 Å². The van der Waals surface area contributed by atoms with E-state index in [1.165, 1.54) is 6.07 Å². The van der Waals surface area contributed by atoms with Gasteiger partial charge < -0.3 is 15.4 Å². The van der Waals surface area contributed by atoms with Crippen molar-refractivity contribution in [1.82, 2.24) is 10.6 Å². The molecule has 2 N–H and O–H groups in total. The third-order valence-electron chi connectivity index (χ3n) is 3.01. The van der Waals surface area contributed by atoms with E-state index in [1.807, 2.05) is 0 Å². The van der Waals surface area contributed by atoms with Crippen molar-refractivity contribution in [1.29, 1.82) is 0 Å². The molecule has 2 unspecified atom stereocenters. The first kappa shape index (κ1) is 14.2. The Morgan fingerprint density at radius 1 is 1.63 bits per heavy atom. The second-order valence-corrected chi connectivity index (χ2v) is 5.46. The van der Waals surface area contributed by atoms with Crippen LogP contribution in [0.5, 0.6) is 5.75 Å². The van der Waals surface area contributed by atoms with Crippen molar-refractivity contribution in [3.63, 3.8) is 0 Å². The lowest BCUT2D eigenvalue weighted by Crippen LogP contribution is -2.46. The number of alkyl halides is 2. The number of carbonyl (C=O) groups excluding carboxylic acids is 1. The number of ether oxygens (including phenoxy) is 1. The van der Waals surface area contributed by atoms with E-state index in [0.717, 1.165) is 30.7 Å². The van der Waals surface area contributed by atoms with Crippen molar-refractivity contribution >= 4 is 17.2 Å². The molecule has 19 heavy (non-hydrogen) atoms. The molecule has 0 saturated carbocycles. The number of carbonyl (C=O) groups is 1. The summed E-state index contributed by atoms with van der Waals surface area (Å²) in [6, 6.07) is 1.81. The number of hydrogen-bond donors (Lipinski definition) is 2. The molecule has 1 aromatic heterocycles. The Balaban J connectivity index is 1.97. The largest absolute Gasteiger partial charge is 0.433 e. The molecule has 0 bridgehead atoms. The topological polar surface area (TPSA) is 50.4 Å². The average molecular weight is 290 g/mol. The normalized spacial score (nSPS) is 23.4. The van der Waals surface area contributed by atoms with Crippen molar-refractivity contribution in [2.75, 3.05) is 6.54 Å². The Morgan fingerprint density at radius 3 is 3.11 bits per heavy atom. The first-order valence-electron chi connectivity index (χ1n) is 6.13. The highest BCUT2D eigenvalue weighted by atomic mass is 32.1. The van der Waals surface area contributed by atoms with Crippen molar-refractivity contribution < 1.29 is 18.3 Å². The summed E-state index contributed by atoms with van der Waals surface area (Å²) < 4.78 is 28.7. The van der Waals surface area contributed by atoms with Gasteiger partial charge >= 0.3 is 6.61 Å². The van der Waals surface area contributed by atoms with Crippen LogP contribution < -0.4 is 15.4 Å². The van der Waals surface area contributed by atoms with Crippen LogP contribution in [0.15, 0.2) is 11.4 Å². The molecule has 4 nitrogen and oxygen atoms in total. The summed E-state index contributed by atoms with van der Waals surface area (Å²) in [5, 5.41) is 7.72. The zero-order valence-corrected chi connectivity index (χ0v) is 11.3. The summed E-state index contributed by atoms with van der Waals surface area (Å²) in [7, 11) is 0. The third kappa shape index (κ3) is 3.87. The quantitative estimate of drug-likeness (QED) is 0.894. The van der Waals surface area contributed by atoms with Gasteiger partial charge in [-0.2, -0.15) is 8.78 Å². The molecule has 0 radical (unpaired) electrons. The van der Waals surface area contributed by atoms with Gasteiger partial charge in [0.1, 0.15) is 10.6 Å². The van der Waals surface area contributed by atoms with Crippen LogP contribution in [0, 0.1) is 0 Å². The molecule has 1 fully saturated rings. The van der Waals surface area contributed by atoms with E-state index in [0.29, 0.717) is 6.04 Å². The maximum absolute atomic E-state index is 12.2. The van der Waals surface area contributed by atoms with E-state index in [1.54, 1.807) is 5.38 Å². The van der Waals surface area contributed by atoms with Crippen LogP contribution in [0.4, 0.5) is 8.78 Å². The number of thiophene rings is 1. The predicted octanol–water partition coefficient (Wildman–Crippen LogP) is 2.22. The van der Waals surface area contributed by atoms with E-state index < -0.39 is 6.61 Å². The second kappa shape index (κ2) is 6.29. The molecule has 1 amide bonds. The van der Waals surface area contributed by atoms with Crippen molar-refractivity contribution in [2.45, 2.75) is 38.5 Å². The first-order valence-corrected chi connectivity index (χ1v) is 7.00. The van der Waals surface area contributed by atoms with Crippen molar-refractivity contribution in [2.24, 2.45) is 0 Å². The van der Waals surface area contributed by atoms with Gasteiger partial charge in [-0.25, -0.2) is 0 Å². The van der Waals surface area contributed by atoms with Gasteiger partial charge in [0.25, 0.3) is 5.91 Å². The lowest BCUT2D eigenvalue weighted by molar-refractivity contribution is -0.0498. The van der Waals surface area contributed by atoms with Gasteiger partial charge in [0.05, 0.1) is 0 Å². The van der Waals surface area contributed by atoms with Gasteiger partial charge in [0.15, 0.2) is 0 Å². The number of piperidine rings is 1. The molecule has 1 aliphatic heterocycles. The molecule has 106 valence electrons. The molecule has 0 aromatic carbocycles. The van der Waals surface area contributed by atoms with Gasteiger partial charge in [0, 0.05) is 12.1 Å².